The van der Waals surface area contributed by atoms with Gasteiger partial charge in [0.05, 0.1) is 21.8 Å². The average Bonchev–Trinajstić information content (AvgIpc) is 2.64. The number of benzene rings is 1. The first-order valence-corrected chi connectivity index (χ1v) is 9.20. The summed E-state index contributed by atoms with van der Waals surface area (Å²) >= 11 is 12.0. The zero-order valence-electron chi connectivity index (χ0n) is 14.3. The number of aromatic nitrogens is 1. The molecule has 0 bridgehead atoms. The number of anilines is 1. The van der Waals surface area contributed by atoms with Crippen LogP contribution in [0.5, 0.6) is 0 Å². The number of carbonyl (C=O) groups is 2. The van der Waals surface area contributed by atoms with Crippen LogP contribution in [0.15, 0.2) is 36.7 Å². The number of halogens is 2. The van der Waals surface area contributed by atoms with Crippen molar-refractivity contribution in [1.82, 2.24) is 9.88 Å². The molecule has 0 spiro atoms. The van der Waals surface area contributed by atoms with Gasteiger partial charge in [0.1, 0.15) is 0 Å². The molecule has 1 saturated heterocycles. The third-order valence-corrected chi connectivity index (χ3v) is 4.93. The number of nitrogens with one attached hydrogen (secondary N) is 1. The van der Waals surface area contributed by atoms with E-state index in [2.05, 4.69) is 17.2 Å². The second-order valence-corrected chi connectivity index (χ2v) is 7.38. The van der Waals surface area contributed by atoms with Crippen molar-refractivity contribution in [1.29, 1.82) is 0 Å². The molecule has 136 valence electrons. The summed E-state index contributed by atoms with van der Waals surface area (Å²) in [4.78, 5) is 31.1. The molecule has 2 heterocycles. The molecule has 7 heteroatoms. The van der Waals surface area contributed by atoms with Crippen molar-refractivity contribution < 1.29 is 9.59 Å². The molecule has 0 radical (unpaired) electrons. The van der Waals surface area contributed by atoms with Crippen LogP contribution in [0, 0.1) is 5.92 Å². The number of hydrogen-bond donors (Lipinski definition) is 1. The molecular weight excluding hydrogens is 373 g/mol. The molecule has 5 nitrogen and oxygen atoms in total. The van der Waals surface area contributed by atoms with E-state index in [1.54, 1.807) is 24.3 Å². The number of nitrogens with zero attached hydrogens (tertiary/aromatic N) is 2. The summed E-state index contributed by atoms with van der Waals surface area (Å²) < 4.78 is 0. The Bertz CT molecular complexity index is 841. The SMILES string of the molecule is CC1CCCN(C(=O)c2cncc(C(=O)Nc3cc(Cl)ccc3Cl)c2)C1. The van der Waals surface area contributed by atoms with Crippen LogP contribution in [0.2, 0.25) is 10.0 Å². The van der Waals surface area contributed by atoms with Crippen molar-refractivity contribution in [3.05, 3.63) is 57.8 Å². The van der Waals surface area contributed by atoms with Crippen LogP contribution in [-0.2, 0) is 0 Å². The summed E-state index contributed by atoms with van der Waals surface area (Å²) in [6.07, 6.45) is 5.03. The summed E-state index contributed by atoms with van der Waals surface area (Å²) in [6.45, 7) is 3.60. The third-order valence-electron chi connectivity index (χ3n) is 4.37. The molecular formula is C19H19Cl2N3O2. The molecule has 3 rings (SSSR count). The lowest BCUT2D eigenvalue weighted by atomic mass is 9.99. The molecule has 1 aromatic carbocycles. The van der Waals surface area contributed by atoms with E-state index < -0.39 is 5.91 Å². The highest BCUT2D eigenvalue weighted by atomic mass is 35.5. The monoisotopic (exact) mass is 391 g/mol. The van der Waals surface area contributed by atoms with Gasteiger partial charge in [-0.25, -0.2) is 0 Å². The minimum absolute atomic E-state index is 0.0977. The van der Waals surface area contributed by atoms with E-state index in [1.165, 1.54) is 12.4 Å². The zero-order chi connectivity index (χ0) is 18.7. The average molecular weight is 392 g/mol. The highest BCUT2D eigenvalue weighted by Crippen LogP contribution is 2.26. The van der Waals surface area contributed by atoms with Crippen molar-refractivity contribution in [3.8, 4) is 0 Å². The molecule has 1 aliphatic rings. The molecule has 1 aliphatic heterocycles. The Kier molecular flexibility index (Phi) is 5.79. The number of amides is 2. The predicted octanol–water partition coefficient (Wildman–Crippen LogP) is 4.51. The quantitative estimate of drug-likeness (QED) is 0.836. The first-order chi connectivity index (χ1) is 12.4. The maximum Gasteiger partial charge on any atom is 0.257 e. The van der Waals surface area contributed by atoms with E-state index in [4.69, 9.17) is 23.2 Å². The summed E-state index contributed by atoms with van der Waals surface area (Å²) in [7, 11) is 0. The van der Waals surface area contributed by atoms with Gasteiger partial charge in [0, 0.05) is 30.5 Å². The minimum atomic E-state index is -0.400. The Labute approximate surface area is 162 Å². The Morgan fingerprint density at radius 3 is 2.73 bits per heavy atom. The van der Waals surface area contributed by atoms with Crippen LogP contribution >= 0.6 is 23.2 Å². The van der Waals surface area contributed by atoms with E-state index in [1.807, 2.05) is 4.90 Å². The van der Waals surface area contributed by atoms with Crippen LogP contribution in [0.3, 0.4) is 0 Å². The molecule has 1 N–H and O–H groups in total. The van der Waals surface area contributed by atoms with Crippen LogP contribution in [-0.4, -0.2) is 34.8 Å². The smallest absolute Gasteiger partial charge is 0.257 e. The third kappa shape index (κ3) is 4.34. The van der Waals surface area contributed by atoms with E-state index in [0.29, 0.717) is 27.2 Å². The topological polar surface area (TPSA) is 62.3 Å². The van der Waals surface area contributed by atoms with Gasteiger partial charge in [-0.1, -0.05) is 30.1 Å². The van der Waals surface area contributed by atoms with Crippen molar-refractivity contribution in [2.24, 2.45) is 5.92 Å². The first-order valence-electron chi connectivity index (χ1n) is 8.45. The van der Waals surface area contributed by atoms with E-state index >= 15 is 0 Å². The fourth-order valence-electron chi connectivity index (χ4n) is 3.03. The lowest BCUT2D eigenvalue weighted by Crippen LogP contribution is -2.39. The van der Waals surface area contributed by atoms with Crippen LogP contribution in [0.25, 0.3) is 0 Å². The lowest BCUT2D eigenvalue weighted by molar-refractivity contribution is 0.0682. The predicted molar refractivity (Wildman–Crippen MR) is 103 cm³/mol. The van der Waals surface area contributed by atoms with E-state index in [9.17, 15) is 9.59 Å². The van der Waals surface area contributed by atoms with Gasteiger partial charge < -0.3 is 10.2 Å². The largest absolute Gasteiger partial charge is 0.338 e. The summed E-state index contributed by atoms with van der Waals surface area (Å²) in [6, 6.07) is 6.37. The molecule has 1 unspecified atom stereocenters. The molecule has 1 aromatic heterocycles. The second kappa shape index (κ2) is 8.06. The fraction of sp³-hybridized carbons (Fsp3) is 0.316. The van der Waals surface area contributed by atoms with Gasteiger partial charge in [-0.05, 0) is 43.0 Å². The molecule has 1 fully saturated rings. The van der Waals surface area contributed by atoms with Crippen LogP contribution in [0.4, 0.5) is 5.69 Å². The molecule has 26 heavy (non-hydrogen) atoms. The van der Waals surface area contributed by atoms with Crippen molar-refractivity contribution >= 4 is 40.7 Å². The van der Waals surface area contributed by atoms with E-state index in [0.717, 1.165) is 25.9 Å². The number of hydrogen-bond acceptors (Lipinski definition) is 3. The highest BCUT2D eigenvalue weighted by Gasteiger charge is 2.23. The Balaban J connectivity index is 1.77. The summed E-state index contributed by atoms with van der Waals surface area (Å²) in [5, 5.41) is 3.54. The summed E-state index contributed by atoms with van der Waals surface area (Å²) in [5.41, 5.74) is 1.10. The first kappa shape index (κ1) is 18.7. The standard InChI is InChI=1S/C19H19Cl2N3O2/c1-12-3-2-6-24(11-12)19(26)14-7-13(9-22-10-14)18(25)23-17-8-15(20)4-5-16(17)21/h4-5,7-10,12H,2-3,6,11H2,1H3,(H,23,25). The fourth-order valence-corrected chi connectivity index (χ4v) is 3.36. The number of rotatable bonds is 3. The van der Waals surface area contributed by atoms with Gasteiger partial charge in [0.2, 0.25) is 0 Å². The maximum atomic E-state index is 12.7. The molecule has 1 atom stereocenters. The van der Waals surface area contributed by atoms with Gasteiger partial charge in [-0.2, -0.15) is 0 Å². The van der Waals surface area contributed by atoms with Crippen LogP contribution < -0.4 is 5.32 Å². The molecule has 2 aromatic rings. The number of carbonyl (C=O) groups excluding carboxylic acids is 2. The normalized spacial score (nSPS) is 17.0. The lowest BCUT2D eigenvalue weighted by Gasteiger charge is -2.30. The maximum absolute atomic E-state index is 12.7. The number of pyridine rings is 1. The zero-order valence-corrected chi connectivity index (χ0v) is 15.8. The second-order valence-electron chi connectivity index (χ2n) is 6.54. The van der Waals surface area contributed by atoms with Gasteiger partial charge in [0.15, 0.2) is 0 Å². The minimum Gasteiger partial charge on any atom is -0.338 e. The van der Waals surface area contributed by atoms with Gasteiger partial charge in [-0.3, -0.25) is 14.6 Å². The highest BCUT2D eigenvalue weighted by molar-refractivity contribution is 6.35. The van der Waals surface area contributed by atoms with Crippen LogP contribution in [0.1, 0.15) is 40.5 Å². The molecule has 0 saturated carbocycles. The van der Waals surface area contributed by atoms with Gasteiger partial charge in [-0.15, -0.1) is 0 Å². The van der Waals surface area contributed by atoms with Gasteiger partial charge in [0.25, 0.3) is 11.8 Å². The Hall–Kier alpha value is -2.11. The number of piperidine rings is 1. The number of likely N-dealkylation sites (tertiary alicyclic amines) is 1. The van der Waals surface area contributed by atoms with Crippen molar-refractivity contribution in [2.45, 2.75) is 19.8 Å². The Morgan fingerprint density at radius 2 is 1.96 bits per heavy atom. The van der Waals surface area contributed by atoms with Crippen molar-refractivity contribution in [3.63, 3.8) is 0 Å². The van der Waals surface area contributed by atoms with Gasteiger partial charge >= 0.3 is 0 Å². The summed E-state index contributed by atoms with van der Waals surface area (Å²) in [5.74, 6) is -0.0140. The van der Waals surface area contributed by atoms with E-state index in [-0.39, 0.29) is 11.5 Å². The molecule has 2 amide bonds. The molecule has 0 aliphatic carbocycles. The van der Waals surface area contributed by atoms with Crippen molar-refractivity contribution in [2.75, 3.05) is 18.4 Å². The Morgan fingerprint density at radius 1 is 1.19 bits per heavy atom.